The molecule has 0 unspecified atom stereocenters. The standard InChI is InChI=1S/C3F5/c4-1(2(5)6)3(7)8. The molecule has 0 saturated heterocycles. The van der Waals surface area contributed by atoms with Crippen LogP contribution in [-0.4, -0.2) is 0 Å². The van der Waals surface area contributed by atoms with E-state index in [1.807, 2.05) is 0 Å². The maximum Gasteiger partial charge on any atom is 0.373 e. The third kappa shape index (κ3) is 1.90. The van der Waals surface area contributed by atoms with Crippen molar-refractivity contribution in [3.63, 3.8) is 0 Å². The number of halogens is 5. The molecule has 0 aliphatic rings. The van der Waals surface area contributed by atoms with Crippen molar-refractivity contribution in [2.24, 2.45) is 0 Å². The van der Waals surface area contributed by atoms with Gasteiger partial charge in [0.05, 0.1) is 0 Å². The molecule has 0 bridgehead atoms. The van der Waals surface area contributed by atoms with Crippen molar-refractivity contribution < 1.29 is 22.0 Å². The van der Waals surface area contributed by atoms with E-state index in [0.29, 0.717) is 0 Å². The van der Waals surface area contributed by atoms with E-state index in [-0.39, 0.29) is 0 Å². The van der Waals surface area contributed by atoms with Gasteiger partial charge in [0.15, 0.2) is 0 Å². The lowest BCUT2D eigenvalue weighted by molar-refractivity contribution is 0.255. The molecule has 8 heavy (non-hydrogen) atoms. The zero-order valence-electron chi connectivity index (χ0n) is 3.39. The summed E-state index contributed by atoms with van der Waals surface area (Å²) in [5, 5.41) is 0. The molecular formula is C3F5. The van der Waals surface area contributed by atoms with E-state index < -0.39 is 18.3 Å². The van der Waals surface area contributed by atoms with Crippen LogP contribution in [0.5, 0.6) is 0 Å². The molecule has 0 atom stereocenters. The van der Waals surface area contributed by atoms with E-state index in [1.54, 1.807) is 0 Å². The Morgan fingerprint density at radius 1 is 0.750 bits per heavy atom. The van der Waals surface area contributed by atoms with Gasteiger partial charge in [-0.3, -0.25) is 0 Å². The monoisotopic (exact) mass is 131 g/mol. The third-order valence-corrected chi connectivity index (χ3v) is 0.332. The zero-order chi connectivity index (χ0) is 6.73. The second-order valence-corrected chi connectivity index (χ2v) is 0.835. The quantitative estimate of drug-likeness (QED) is 0.479. The Kier molecular flexibility index (Phi) is 2.44. The molecule has 47 valence electrons. The summed E-state index contributed by atoms with van der Waals surface area (Å²) in [5.74, 6) is -2.73. The van der Waals surface area contributed by atoms with Gasteiger partial charge in [0, 0.05) is 0 Å². The first-order valence-corrected chi connectivity index (χ1v) is 1.44. The minimum Gasteiger partial charge on any atom is -0.199 e. The average Bonchev–Trinajstić information content (AvgIpc) is 1.64. The number of hydrogen-bond acceptors (Lipinski definition) is 0. The Morgan fingerprint density at radius 3 is 1.12 bits per heavy atom. The molecule has 0 rings (SSSR count). The summed E-state index contributed by atoms with van der Waals surface area (Å²) in [6, 6.07) is 0. The van der Waals surface area contributed by atoms with E-state index in [0.717, 1.165) is 0 Å². The third-order valence-electron chi connectivity index (χ3n) is 0.332. The van der Waals surface area contributed by atoms with Crippen LogP contribution in [0.4, 0.5) is 22.0 Å². The molecule has 0 nitrogen and oxygen atoms in total. The van der Waals surface area contributed by atoms with Crippen LogP contribution in [0.1, 0.15) is 0 Å². The number of hydrogen-bond donors (Lipinski definition) is 0. The Morgan fingerprint density at radius 2 is 1.12 bits per heavy atom. The fourth-order valence-electron chi connectivity index (χ4n) is 0.0714. The summed E-state index contributed by atoms with van der Waals surface area (Å²) in [7, 11) is 0. The van der Waals surface area contributed by atoms with Crippen LogP contribution in [0.3, 0.4) is 0 Å². The number of allylic oxidation sites excluding steroid dienone is 1. The van der Waals surface area contributed by atoms with E-state index >= 15 is 0 Å². The van der Waals surface area contributed by atoms with Crippen LogP contribution in [-0.2, 0) is 0 Å². The average molecular weight is 131 g/mol. The summed E-state index contributed by atoms with van der Waals surface area (Å²) >= 11 is 0. The molecule has 1 radical (unpaired) electrons. The highest BCUT2D eigenvalue weighted by Crippen LogP contribution is 2.22. The molecule has 0 N–H and O–H groups in total. The van der Waals surface area contributed by atoms with Gasteiger partial charge in [-0.2, -0.15) is 22.0 Å². The molecule has 0 spiro atoms. The lowest BCUT2D eigenvalue weighted by Crippen LogP contribution is -1.80. The van der Waals surface area contributed by atoms with E-state index in [2.05, 4.69) is 0 Å². The Hall–Kier alpha value is -0.610. The van der Waals surface area contributed by atoms with E-state index in [4.69, 9.17) is 0 Å². The summed E-state index contributed by atoms with van der Waals surface area (Å²) in [4.78, 5) is 0. The number of rotatable bonds is 1. The molecular weight excluding hydrogens is 131 g/mol. The summed E-state index contributed by atoms with van der Waals surface area (Å²) in [5.41, 5.74) is 0. The molecule has 5 heteroatoms. The first kappa shape index (κ1) is 7.39. The maximum atomic E-state index is 11.0. The van der Waals surface area contributed by atoms with Crippen LogP contribution in [0, 0.1) is 6.43 Å². The summed E-state index contributed by atoms with van der Waals surface area (Å²) < 4.78 is 53.7. The fraction of sp³-hybridized carbons (Fsp3) is 0. The van der Waals surface area contributed by atoms with Crippen LogP contribution < -0.4 is 0 Å². The van der Waals surface area contributed by atoms with Crippen LogP contribution in [0.25, 0.3) is 0 Å². The van der Waals surface area contributed by atoms with Crippen molar-refractivity contribution in [2.45, 2.75) is 0 Å². The van der Waals surface area contributed by atoms with Gasteiger partial charge in [-0.05, 0) is 0 Å². The maximum absolute atomic E-state index is 11.0. The topological polar surface area (TPSA) is 0 Å². The summed E-state index contributed by atoms with van der Waals surface area (Å²) in [6.07, 6.45) is -5.99. The molecule has 0 saturated carbocycles. The van der Waals surface area contributed by atoms with Gasteiger partial charge in [0.1, 0.15) is 0 Å². The Balaban J connectivity index is 4.00. The van der Waals surface area contributed by atoms with Crippen LogP contribution in [0.15, 0.2) is 11.9 Å². The van der Waals surface area contributed by atoms with Gasteiger partial charge in [0.2, 0.25) is 5.83 Å². The van der Waals surface area contributed by atoms with Crippen LogP contribution >= 0.6 is 0 Å². The van der Waals surface area contributed by atoms with Crippen LogP contribution in [0.2, 0.25) is 0 Å². The van der Waals surface area contributed by atoms with Gasteiger partial charge < -0.3 is 0 Å². The first-order valence-electron chi connectivity index (χ1n) is 1.44. The first-order chi connectivity index (χ1) is 3.55. The normalized spacial score (nSPS) is 9.75. The molecule has 0 heterocycles. The summed E-state index contributed by atoms with van der Waals surface area (Å²) in [6.45, 7) is 0. The SMILES string of the molecule is F[C](F)C(F)=C(F)F. The molecule has 0 fully saturated rings. The second kappa shape index (κ2) is 2.64. The van der Waals surface area contributed by atoms with E-state index in [9.17, 15) is 22.0 Å². The lowest BCUT2D eigenvalue weighted by Gasteiger charge is -1.85. The lowest BCUT2D eigenvalue weighted by atomic mass is 10.6. The highest BCUT2D eigenvalue weighted by atomic mass is 19.3. The molecule has 0 aromatic heterocycles. The zero-order valence-corrected chi connectivity index (χ0v) is 3.39. The van der Waals surface area contributed by atoms with Crippen molar-refractivity contribution in [2.75, 3.05) is 0 Å². The highest BCUT2D eigenvalue weighted by Gasteiger charge is 2.19. The molecule has 0 aromatic carbocycles. The largest absolute Gasteiger partial charge is 0.373 e. The van der Waals surface area contributed by atoms with Crippen molar-refractivity contribution >= 4 is 0 Å². The minimum atomic E-state index is -3.00. The molecule has 0 amide bonds. The Labute approximate surface area is 41.6 Å². The highest BCUT2D eigenvalue weighted by molar-refractivity contribution is 5.04. The fourth-order valence-corrected chi connectivity index (χ4v) is 0.0714. The van der Waals surface area contributed by atoms with Crippen molar-refractivity contribution in [1.29, 1.82) is 0 Å². The van der Waals surface area contributed by atoms with E-state index in [1.165, 1.54) is 0 Å². The van der Waals surface area contributed by atoms with Crippen molar-refractivity contribution in [3.8, 4) is 0 Å². The van der Waals surface area contributed by atoms with Gasteiger partial charge in [-0.15, -0.1) is 0 Å². The molecule has 0 aliphatic heterocycles. The van der Waals surface area contributed by atoms with Crippen molar-refractivity contribution in [3.05, 3.63) is 18.3 Å². The van der Waals surface area contributed by atoms with Crippen molar-refractivity contribution in [1.82, 2.24) is 0 Å². The van der Waals surface area contributed by atoms with Gasteiger partial charge in [-0.1, -0.05) is 0 Å². The smallest absolute Gasteiger partial charge is 0.199 e. The molecule has 0 aromatic rings. The van der Waals surface area contributed by atoms with Gasteiger partial charge >= 0.3 is 12.5 Å². The Bertz CT molecular complexity index is 100. The second-order valence-electron chi connectivity index (χ2n) is 0.835. The minimum absolute atomic E-state index is 2.73. The van der Waals surface area contributed by atoms with Gasteiger partial charge in [-0.25, -0.2) is 0 Å². The predicted molar refractivity (Wildman–Crippen MR) is 15.8 cm³/mol. The molecule has 0 aliphatic carbocycles. The predicted octanol–water partition coefficient (Wildman–Crippen LogP) is 2.49. The van der Waals surface area contributed by atoms with Gasteiger partial charge in [0.25, 0.3) is 0 Å².